The lowest BCUT2D eigenvalue weighted by molar-refractivity contribution is -0.139. The number of carbonyl (C=O) groups excluding carboxylic acids is 1. The molecule has 1 rings (SSSR count). The maximum atomic E-state index is 12.0. The minimum Gasteiger partial charge on any atom is -0.480 e. The SMILES string of the molecule is CCC(NC(=O)N1CCCC(C)(C)CC1)C(=O)O. The molecule has 18 heavy (non-hydrogen) atoms. The third kappa shape index (κ3) is 4.20. The van der Waals surface area contributed by atoms with E-state index >= 15 is 0 Å². The van der Waals surface area contributed by atoms with Crippen LogP contribution in [0.5, 0.6) is 0 Å². The first kappa shape index (κ1) is 14.8. The van der Waals surface area contributed by atoms with Crippen molar-refractivity contribution in [1.29, 1.82) is 0 Å². The van der Waals surface area contributed by atoms with Gasteiger partial charge in [-0.3, -0.25) is 0 Å². The van der Waals surface area contributed by atoms with Gasteiger partial charge in [0.15, 0.2) is 0 Å². The summed E-state index contributed by atoms with van der Waals surface area (Å²) in [6.07, 6.45) is 3.45. The second kappa shape index (κ2) is 6.07. The third-order valence-corrected chi connectivity index (χ3v) is 3.63. The number of likely N-dealkylation sites (tertiary alicyclic amines) is 1. The van der Waals surface area contributed by atoms with Crippen LogP contribution >= 0.6 is 0 Å². The molecule has 0 bridgehead atoms. The van der Waals surface area contributed by atoms with Crippen LogP contribution in [-0.4, -0.2) is 41.1 Å². The molecule has 1 saturated heterocycles. The van der Waals surface area contributed by atoms with Crippen LogP contribution in [0.25, 0.3) is 0 Å². The monoisotopic (exact) mass is 256 g/mol. The number of nitrogens with zero attached hydrogens (tertiary/aromatic N) is 1. The number of aliphatic carboxylic acids is 1. The summed E-state index contributed by atoms with van der Waals surface area (Å²) in [5, 5.41) is 11.5. The van der Waals surface area contributed by atoms with E-state index in [1.165, 1.54) is 0 Å². The second-order valence-corrected chi connectivity index (χ2v) is 5.75. The number of urea groups is 1. The summed E-state index contributed by atoms with van der Waals surface area (Å²) in [5.74, 6) is -0.971. The first-order valence-electron chi connectivity index (χ1n) is 6.64. The molecule has 1 heterocycles. The van der Waals surface area contributed by atoms with Crippen molar-refractivity contribution in [2.24, 2.45) is 5.41 Å². The molecule has 2 amide bonds. The van der Waals surface area contributed by atoms with Crippen LogP contribution < -0.4 is 5.32 Å². The van der Waals surface area contributed by atoms with Crippen molar-refractivity contribution < 1.29 is 14.7 Å². The Hall–Kier alpha value is -1.26. The molecule has 0 spiro atoms. The lowest BCUT2D eigenvalue weighted by Gasteiger charge is -2.24. The van der Waals surface area contributed by atoms with Gasteiger partial charge in [-0.2, -0.15) is 0 Å². The van der Waals surface area contributed by atoms with Crippen LogP contribution in [0.1, 0.15) is 46.5 Å². The summed E-state index contributed by atoms with van der Waals surface area (Å²) in [4.78, 5) is 24.6. The zero-order valence-electron chi connectivity index (χ0n) is 11.5. The first-order chi connectivity index (χ1) is 8.35. The number of carboxylic acids is 1. The Bertz CT molecular complexity index is 315. The largest absolute Gasteiger partial charge is 0.480 e. The van der Waals surface area contributed by atoms with Gasteiger partial charge in [-0.05, 0) is 31.1 Å². The topological polar surface area (TPSA) is 69.6 Å². The third-order valence-electron chi connectivity index (χ3n) is 3.63. The van der Waals surface area contributed by atoms with E-state index in [4.69, 9.17) is 5.11 Å². The van der Waals surface area contributed by atoms with Crippen LogP contribution in [0.3, 0.4) is 0 Å². The fraction of sp³-hybridized carbons (Fsp3) is 0.846. The molecule has 5 nitrogen and oxygen atoms in total. The second-order valence-electron chi connectivity index (χ2n) is 5.75. The van der Waals surface area contributed by atoms with Gasteiger partial charge >= 0.3 is 12.0 Å². The van der Waals surface area contributed by atoms with Crippen molar-refractivity contribution in [2.75, 3.05) is 13.1 Å². The molecular weight excluding hydrogens is 232 g/mol. The van der Waals surface area contributed by atoms with Gasteiger partial charge < -0.3 is 15.3 Å². The quantitative estimate of drug-likeness (QED) is 0.812. The van der Waals surface area contributed by atoms with E-state index in [-0.39, 0.29) is 11.4 Å². The van der Waals surface area contributed by atoms with E-state index < -0.39 is 12.0 Å². The molecule has 0 radical (unpaired) electrons. The number of carbonyl (C=O) groups is 2. The van der Waals surface area contributed by atoms with Crippen LogP contribution in [0.4, 0.5) is 4.79 Å². The highest BCUT2D eigenvalue weighted by atomic mass is 16.4. The molecule has 1 atom stereocenters. The fourth-order valence-electron chi connectivity index (χ4n) is 2.20. The molecule has 2 N–H and O–H groups in total. The van der Waals surface area contributed by atoms with Gasteiger partial charge in [-0.1, -0.05) is 20.8 Å². The highest BCUT2D eigenvalue weighted by Gasteiger charge is 2.27. The smallest absolute Gasteiger partial charge is 0.326 e. The first-order valence-corrected chi connectivity index (χ1v) is 6.64. The highest BCUT2D eigenvalue weighted by molar-refractivity contribution is 5.82. The van der Waals surface area contributed by atoms with Crippen molar-refractivity contribution in [2.45, 2.75) is 52.5 Å². The average Bonchev–Trinajstić information content (AvgIpc) is 2.46. The predicted octanol–water partition coefficient (Wildman–Crippen LogP) is 2.07. The summed E-state index contributed by atoms with van der Waals surface area (Å²) in [6.45, 7) is 7.59. The van der Waals surface area contributed by atoms with Gasteiger partial charge in [-0.25, -0.2) is 9.59 Å². The number of carboxylic acid groups (broad SMARTS) is 1. The molecular formula is C13H24N2O3. The number of nitrogens with one attached hydrogen (secondary N) is 1. The van der Waals surface area contributed by atoms with Crippen LogP contribution in [0, 0.1) is 5.41 Å². The molecule has 0 aromatic heterocycles. The molecule has 0 aliphatic carbocycles. The molecule has 5 heteroatoms. The maximum absolute atomic E-state index is 12.0. The van der Waals surface area contributed by atoms with Crippen LogP contribution in [0.2, 0.25) is 0 Å². The fourth-order valence-corrected chi connectivity index (χ4v) is 2.20. The Morgan fingerprint density at radius 2 is 2.00 bits per heavy atom. The molecule has 1 unspecified atom stereocenters. The summed E-state index contributed by atoms with van der Waals surface area (Å²) in [6, 6.07) is -1.03. The van der Waals surface area contributed by atoms with Gasteiger partial charge in [0.25, 0.3) is 0 Å². The predicted molar refractivity (Wildman–Crippen MR) is 69.5 cm³/mol. The highest BCUT2D eigenvalue weighted by Crippen LogP contribution is 2.29. The van der Waals surface area contributed by atoms with E-state index in [0.29, 0.717) is 19.5 Å². The Morgan fingerprint density at radius 1 is 1.33 bits per heavy atom. The molecule has 1 aliphatic heterocycles. The van der Waals surface area contributed by atoms with Crippen LogP contribution in [-0.2, 0) is 4.79 Å². The van der Waals surface area contributed by atoms with E-state index in [9.17, 15) is 9.59 Å². The van der Waals surface area contributed by atoms with Crippen molar-refractivity contribution in [3.63, 3.8) is 0 Å². The average molecular weight is 256 g/mol. The normalized spacial score (nSPS) is 20.9. The van der Waals surface area contributed by atoms with E-state index in [0.717, 1.165) is 19.3 Å². The molecule has 0 saturated carbocycles. The maximum Gasteiger partial charge on any atom is 0.326 e. The van der Waals surface area contributed by atoms with Crippen LogP contribution in [0.15, 0.2) is 0 Å². The molecule has 1 aliphatic rings. The molecule has 0 aromatic carbocycles. The number of amides is 2. The summed E-state index contributed by atoms with van der Waals surface area (Å²) >= 11 is 0. The zero-order valence-corrected chi connectivity index (χ0v) is 11.5. The lowest BCUT2D eigenvalue weighted by Crippen LogP contribution is -2.48. The van der Waals surface area contributed by atoms with Gasteiger partial charge in [-0.15, -0.1) is 0 Å². The molecule has 0 aromatic rings. The Kier molecular flexibility index (Phi) is 4.99. The Balaban J connectivity index is 2.54. The summed E-state index contributed by atoms with van der Waals surface area (Å²) in [7, 11) is 0. The van der Waals surface area contributed by atoms with Crippen molar-refractivity contribution in [3.05, 3.63) is 0 Å². The summed E-state index contributed by atoms with van der Waals surface area (Å²) < 4.78 is 0. The van der Waals surface area contributed by atoms with Gasteiger partial charge in [0.05, 0.1) is 0 Å². The van der Waals surface area contributed by atoms with Gasteiger partial charge in [0.1, 0.15) is 6.04 Å². The van der Waals surface area contributed by atoms with E-state index in [1.54, 1.807) is 11.8 Å². The number of hydrogen-bond acceptors (Lipinski definition) is 2. The summed E-state index contributed by atoms with van der Waals surface area (Å²) in [5.41, 5.74) is 0.270. The number of rotatable bonds is 3. The molecule has 1 fully saturated rings. The van der Waals surface area contributed by atoms with Crippen molar-refractivity contribution >= 4 is 12.0 Å². The van der Waals surface area contributed by atoms with Crippen molar-refractivity contribution in [1.82, 2.24) is 10.2 Å². The minimum absolute atomic E-state index is 0.248. The van der Waals surface area contributed by atoms with E-state index in [1.807, 2.05) is 0 Å². The Labute approximate surface area is 109 Å². The number of hydrogen-bond donors (Lipinski definition) is 2. The lowest BCUT2D eigenvalue weighted by atomic mass is 9.85. The molecule has 104 valence electrons. The van der Waals surface area contributed by atoms with Crippen molar-refractivity contribution in [3.8, 4) is 0 Å². The minimum atomic E-state index is -0.971. The van der Waals surface area contributed by atoms with Gasteiger partial charge in [0.2, 0.25) is 0 Å². The standard InChI is InChI=1S/C13H24N2O3/c1-4-10(11(16)17)14-12(18)15-8-5-6-13(2,3)7-9-15/h10H,4-9H2,1-3H3,(H,14,18)(H,16,17). The zero-order chi connectivity index (χ0) is 13.8. The van der Waals surface area contributed by atoms with E-state index in [2.05, 4.69) is 19.2 Å². The Morgan fingerprint density at radius 3 is 2.56 bits per heavy atom. The van der Waals surface area contributed by atoms with Gasteiger partial charge in [0, 0.05) is 13.1 Å².